The fourth-order valence-electron chi connectivity index (χ4n) is 4.23. The molecule has 216 valence electrons. The summed E-state index contributed by atoms with van der Waals surface area (Å²) in [5, 5.41) is 10.9. The maximum atomic E-state index is 15.8. The van der Waals surface area contributed by atoms with Gasteiger partial charge in [0.15, 0.2) is 6.23 Å². The molecule has 1 aliphatic rings. The average Bonchev–Trinajstić information content (AvgIpc) is 3.10. The molecule has 0 spiro atoms. The van der Waals surface area contributed by atoms with Crippen LogP contribution in [-0.4, -0.2) is 63.0 Å². The van der Waals surface area contributed by atoms with Crippen LogP contribution in [0.15, 0.2) is 52.2 Å². The second-order valence-electron chi connectivity index (χ2n) is 10.2. The monoisotopic (exact) mass is 574 g/mol. The lowest BCUT2D eigenvalue weighted by Crippen LogP contribution is -2.51. The van der Waals surface area contributed by atoms with E-state index in [0.29, 0.717) is 4.57 Å². The first-order chi connectivity index (χ1) is 18.1. The Morgan fingerprint density at radius 2 is 1.87 bits per heavy atom. The van der Waals surface area contributed by atoms with Gasteiger partial charge < -0.3 is 19.1 Å². The van der Waals surface area contributed by atoms with E-state index in [1.807, 2.05) is 4.98 Å². The average molecular weight is 575 g/mol. The van der Waals surface area contributed by atoms with Crippen LogP contribution in [0.3, 0.4) is 0 Å². The van der Waals surface area contributed by atoms with E-state index in [1.165, 1.54) is 32.9 Å². The van der Waals surface area contributed by atoms with Gasteiger partial charge in [-0.25, -0.2) is 18.1 Å². The lowest BCUT2D eigenvalue weighted by Gasteiger charge is -2.36. The van der Waals surface area contributed by atoms with E-state index in [2.05, 4.69) is 0 Å². The minimum Gasteiger partial charge on any atom is -0.463 e. The van der Waals surface area contributed by atoms with E-state index in [0.717, 1.165) is 12.3 Å². The summed E-state index contributed by atoms with van der Waals surface area (Å²) < 4.78 is 67.0. The molecule has 1 aromatic heterocycles. The Balaban J connectivity index is 1.96. The van der Waals surface area contributed by atoms with E-state index in [9.17, 15) is 28.4 Å². The van der Waals surface area contributed by atoms with Crippen molar-refractivity contribution in [1.29, 1.82) is 0 Å². The second-order valence-corrected chi connectivity index (χ2v) is 12.2. The number of rotatable bonds is 11. The van der Waals surface area contributed by atoms with Crippen LogP contribution in [-0.2, 0) is 23.4 Å². The molecule has 0 radical (unpaired) electrons. The fourth-order valence-corrected chi connectivity index (χ4v) is 6.50. The highest BCUT2D eigenvalue weighted by Gasteiger charge is 2.63. The number of esters is 1. The van der Waals surface area contributed by atoms with Gasteiger partial charge in [-0.2, -0.15) is 0 Å². The lowest BCUT2D eigenvalue weighted by molar-refractivity contribution is -0.151. The van der Waals surface area contributed by atoms with Crippen LogP contribution in [0.2, 0.25) is 0 Å². The summed E-state index contributed by atoms with van der Waals surface area (Å²) in [6.07, 6.45) is -5.84. The number of aromatic amines is 1. The first kappa shape index (κ1) is 30.7. The van der Waals surface area contributed by atoms with Crippen molar-refractivity contribution in [3.05, 3.63) is 63.4 Å². The minimum atomic E-state index is -4.28. The van der Waals surface area contributed by atoms with Crippen LogP contribution in [0.1, 0.15) is 40.8 Å². The van der Waals surface area contributed by atoms with Gasteiger partial charge in [-0.1, -0.05) is 25.1 Å². The van der Waals surface area contributed by atoms with Gasteiger partial charge in [-0.15, -0.1) is 0 Å². The summed E-state index contributed by atoms with van der Waals surface area (Å²) in [4.78, 5) is 38.1. The maximum absolute atomic E-state index is 15.8. The van der Waals surface area contributed by atoms with Crippen molar-refractivity contribution in [2.45, 2.75) is 70.4 Å². The van der Waals surface area contributed by atoms with Crippen molar-refractivity contribution in [1.82, 2.24) is 9.55 Å². The zero-order chi connectivity index (χ0) is 29.2. The lowest BCUT2D eigenvalue weighted by atomic mass is 9.89. The number of para-hydroxylation sites is 1. The Kier molecular flexibility index (Phi) is 9.21. The highest BCUT2D eigenvalue weighted by atomic mass is 31.2. The Morgan fingerprint density at radius 3 is 2.44 bits per heavy atom. The Hall–Kier alpha value is -2.86. The van der Waals surface area contributed by atoms with Crippen molar-refractivity contribution >= 4 is 13.6 Å². The summed E-state index contributed by atoms with van der Waals surface area (Å²) in [5.41, 5.74) is -6.82. The highest BCUT2D eigenvalue weighted by Crippen LogP contribution is 2.56. The van der Waals surface area contributed by atoms with E-state index in [-0.39, 0.29) is 5.75 Å². The van der Waals surface area contributed by atoms with E-state index >= 15 is 4.39 Å². The molecular formula is C25H33F2N2O9P. The summed E-state index contributed by atoms with van der Waals surface area (Å²) in [6.45, 7) is 5.65. The van der Waals surface area contributed by atoms with Gasteiger partial charge >= 0.3 is 19.3 Å². The van der Waals surface area contributed by atoms with Crippen LogP contribution in [0.4, 0.5) is 8.78 Å². The number of H-pyrrole nitrogens is 1. The SMILES string of the molecule is CC(C)OC(=O)[C@H](C)CP(=O)(Oc1ccccc1)OC(C)(C)[C@H]1O[C@@H](n2ccc(=O)[nH]c2=O)C(F)(CF)[C@H]1O. The number of nitrogens with zero attached hydrogens (tertiary/aromatic N) is 1. The largest absolute Gasteiger partial charge is 0.463 e. The Morgan fingerprint density at radius 1 is 1.23 bits per heavy atom. The van der Waals surface area contributed by atoms with Crippen molar-refractivity contribution in [2.75, 3.05) is 12.8 Å². The first-order valence-corrected chi connectivity index (χ1v) is 14.0. The molecule has 2 unspecified atom stereocenters. The van der Waals surface area contributed by atoms with Gasteiger partial charge in [0.25, 0.3) is 5.56 Å². The smallest absolute Gasteiger partial charge is 0.380 e. The molecule has 1 aliphatic heterocycles. The second kappa shape index (κ2) is 11.7. The summed E-state index contributed by atoms with van der Waals surface area (Å²) >= 11 is 0. The molecule has 39 heavy (non-hydrogen) atoms. The standard InChI is InChI=1S/C25H33F2N2O9P/c1-15(2)35-21(32)16(3)13-39(34,37-17-9-7-6-8-10-17)38-24(4,5)20-19(31)25(27,14-26)22(36-20)29-12-11-18(30)28-23(29)33/h6-12,15-16,19-20,22,31H,13-14H2,1-5H3,(H,28,30,33)/t16-,19+,20+,22-,25?,39?/m1/s1. The van der Waals surface area contributed by atoms with Gasteiger partial charge in [-0.05, 0) is 39.8 Å². The maximum Gasteiger partial charge on any atom is 0.380 e. The third-order valence-corrected chi connectivity index (χ3v) is 8.30. The number of carbonyl (C=O) groups excluding carboxylic acids is 1. The molecule has 2 aromatic rings. The zero-order valence-electron chi connectivity index (χ0n) is 22.2. The van der Waals surface area contributed by atoms with Crippen LogP contribution >= 0.6 is 7.60 Å². The van der Waals surface area contributed by atoms with E-state index < -0.39 is 79.4 Å². The van der Waals surface area contributed by atoms with Crippen molar-refractivity contribution < 1.29 is 41.8 Å². The summed E-state index contributed by atoms with van der Waals surface area (Å²) in [7, 11) is -4.28. The molecule has 0 amide bonds. The quantitative estimate of drug-likeness (QED) is 0.305. The van der Waals surface area contributed by atoms with Gasteiger partial charge in [-0.3, -0.25) is 23.7 Å². The van der Waals surface area contributed by atoms with Gasteiger partial charge in [0, 0.05) is 12.3 Å². The molecule has 14 heteroatoms. The number of aliphatic hydroxyl groups excluding tert-OH is 1. The molecule has 0 bridgehead atoms. The topological polar surface area (TPSA) is 146 Å². The number of hydrogen-bond donors (Lipinski definition) is 2. The zero-order valence-corrected chi connectivity index (χ0v) is 23.1. The van der Waals surface area contributed by atoms with Crippen LogP contribution in [0.5, 0.6) is 5.75 Å². The number of aliphatic hydroxyl groups is 1. The molecule has 11 nitrogen and oxygen atoms in total. The van der Waals surface area contributed by atoms with Gasteiger partial charge in [0.1, 0.15) is 30.2 Å². The number of halogens is 2. The fraction of sp³-hybridized carbons (Fsp3) is 0.560. The van der Waals surface area contributed by atoms with Crippen molar-refractivity contribution in [2.24, 2.45) is 5.92 Å². The highest BCUT2D eigenvalue weighted by molar-refractivity contribution is 7.54. The number of benzene rings is 1. The van der Waals surface area contributed by atoms with E-state index in [1.54, 1.807) is 32.0 Å². The van der Waals surface area contributed by atoms with Crippen LogP contribution in [0, 0.1) is 5.92 Å². The first-order valence-electron chi connectivity index (χ1n) is 12.3. The Labute approximate surface area is 223 Å². The van der Waals surface area contributed by atoms with Gasteiger partial charge in [0.05, 0.1) is 18.2 Å². The molecule has 1 aromatic carbocycles. The number of aromatic nitrogens is 2. The third kappa shape index (κ3) is 6.84. The van der Waals surface area contributed by atoms with Gasteiger partial charge in [0.2, 0.25) is 5.67 Å². The summed E-state index contributed by atoms with van der Waals surface area (Å²) in [5.74, 6) is -1.46. The van der Waals surface area contributed by atoms with Crippen LogP contribution < -0.4 is 15.8 Å². The molecule has 3 rings (SSSR count). The number of ether oxygens (including phenoxy) is 2. The summed E-state index contributed by atoms with van der Waals surface area (Å²) in [6, 6.07) is 8.87. The predicted molar refractivity (Wildman–Crippen MR) is 136 cm³/mol. The molecule has 1 fully saturated rings. The van der Waals surface area contributed by atoms with E-state index in [4.69, 9.17) is 18.5 Å². The molecular weight excluding hydrogens is 541 g/mol. The molecule has 2 N–H and O–H groups in total. The minimum absolute atomic E-state index is 0.148. The molecule has 6 atom stereocenters. The predicted octanol–water partition coefficient (Wildman–Crippen LogP) is 3.13. The number of carbonyl (C=O) groups is 1. The molecule has 2 heterocycles. The van der Waals surface area contributed by atoms with Crippen LogP contribution in [0.25, 0.3) is 0 Å². The van der Waals surface area contributed by atoms with Crippen molar-refractivity contribution in [3.8, 4) is 5.75 Å². The number of hydrogen-bond acceptors (Lipinski definition) is 9. The number of alkyl halides is 2. The Bertz CT molecular complexity index is 1320. The molecule has 0 aliphatic carbocycles. The normalized spacial score (nSPS) is 25.7. The van der Waals surface area contributed by atoms with Crippen molar-refractivity contribution in [3.63, 3.8) is 0 Å². The third-order valence-electron chi connectivity index (χ3n) is 6.07. The number of nitrogens with one attached hydrogen (secondary N) is 1. The molecule has 1 saturated heterocycles. The molecule has 0 saturated carbocycles.